The zero-order valence-electron chi connectivity index (χ0n) is 9.72. The molecule has 3 rings (SSSR count). The Morgan fingerprint density at radius 3 is 3.00 bits per heavy atom. The smallest absolute Gasteiger partial charge is 0.103 e. The standard InChI is InChI=1S/C14H8BrN3S/c15-11-2-1-3-12(10(11)7-16)18-9-4-5-13-14(6-9)19-8-17-13/h1-6,8,18H. The number of anilines is 2. The summed E-state index contributed by atoms with van der Waals surface area (Å²) in [6.07, 6.45) is 0. The lowest BCUT2D eigenvalue weighted by Crippen LogP contribution is -1.94. The van der Waals surface area contributed by atoms with Gasteiger partial charge >= 0.3 is 0 Å². The fourth-order valence-corrected chi connectivity index (χ4v) is 3.00. The Balaban J connectivity index is 2.01. The summed E-state index contributed by atoms with van der Waals surface area (Å²) in [7, 11) is 0. The van der Waals surface area contributed by atoms with E-state index in [0.717, 1.165) is 26.1 Å². The van der Waals surface area contributed by atoms with Crippen molar-refractivity contribution in [1.82, 2.24) is 4.98 Å². The van der Waals surface area contributed by atoms with Crippen LogP contribution in [0.3, 0.4) is 0 Å². The van der Waals surface area contributed by atoms with E-state index in [1.54, 1.807) is 11.3 Å². The predicted octanol–water partition coefficient (Wildman–Crippen LogP) is 4.67. The third-order valence-corrected chi connectivity index (χ3v) is 4.19. The molecule has 0 unspecified atom stereocenters. The van der Waals surface area contributed by atoms with Crippen LogP contribution in [0.2, 0.25) is 0 Å². The Hall–Kier alpha value is -1.90. The van der Waals surface area contributed by atoms with Gasteiger partial charge in [0.2, 0.25) is 0 Å². The van der Waals surface area contributed by atoms with Crippen molar-refractivity contribution in [2.45, 2.75) is 0 Å². The second kappa shape index (κ2) is 5.00. The fourth-order valence-electron chi connectivity index (χ4n) is 1.83. The number of nitriles is 1. The molecular formula is C14H8BrN3S. The summed E-state index contributed by atoms with van der Waals surface area (Å²) in [4.78, 5) is 4.25. The normalized spacial score (nSPS) is 10.3. The van der Waals surface area contributed by atoms with Crippen LogP contribution in [0.1, 0.15) is 5.56 Å². The molecule has 92 valence electrons. The molecule has 5 heteroatoms. The molecule has 0 amide bonds. The number of hydrogen-bond donors (Lipinski definition) is 1. The Morgan fingerprint density at radius 1 is 1.26 bits per heavy atom. The average Bonchev–Trinajstić information content (AvgIpc) is 2.86. The maximum absolute atomic E-state index is 9.19. The second-order valence-electron chi connectivity index (χ2n) is 3.93. The SMILES string of the molecule is N#Cc1c(Br)cccc1Nc1ccc2ncsc2c1. The van der Waals surface area contributed by atoms with Gasteiger partial charge in [-0.1, -0.05) is 6.07 Å². The van der Waals surface area contributed by atoms with Crippen molar-refractivity contribution >= 4 is 48.9 Å². The van der Waals surface area contributed by atoms with Crippen LogP contribution in [0.25, 0.3) is 10.2 Å². The van der Waals surface area contributed by atoms with Crippen LogP contribution in [0.5, 0.6) is 0 Å². The van der Waals surface area contributed by atoms with Gasteiger partial charge in [0.1, 0.15) is 6.07 Å². The van der Waals surface area contributed by atoms with E-state index in [2.05, 4.69) is 32.3 Å². The van der Waals surface area contributed by atoms with Crippen molar-refractivity contribution in [1.29, 1.82) is 5.26 Å². The quantitative estimate of drug-likeness (QED) is 0.742. The molecule has 2 aromatic carbocycles. The third-order valence-electron chi connectivity index (χ3n) is 2.74. The first-order chi connectivity index (χ1) is 9.28. The van der Waals surface area contributed by atoms with Crippen molar-refractivity contribution in [2.75, 3.05) is 5.32 Å². The number of hydrogen-bond acceptors (Lipinski definition) is 4. The van der Waals surface area contributed by atoms with Gasteiger partial charge < -0.3 is 5.32 Å². The Labute approximate surface area is 122 Å². The van der Waals surface area contributed by atoms with Gasteiger partial charge in [-0.25, -0.2) is 4.98 Å². The molecule has 0 radical (unpaired) electrons. The largest absolute Gasteiger partial charge is 0.354 e. The molecule has 1 heterocycles. The molecule has 19 heavy (non-hydrogen) atoms. The number of thiazole rings is 1. The van der Waals surface area contributed by atoms with Crippen LogP contribution in [0, 0.1) is 11.3 Å². The van der Waals surface area contributed by atoms with Crippen LogP contribution >= 0.6 is 27.3 Å². The minimum Gasteiger partial charge on any atom is -0.354 e. The van der Waals surface area contributed by atoms with E-state index in [1.165, 1.54) is 0 Å². The number of halogens is 1. The van der Waals surface area contributed by atoms with Crippen LogP contribution in [0.4, 0.5) is 11.4 Å². The van der Waals surface area contributed by atoms with Gasteiger partial charge in [0, 0.05) is 10.2 Å². The van der Waals surface area contributed by atoms with Crippen molar-refractivity contribution in [3.05, 3.63) is 51.9 Å². The number of nitrogens with one attached hydrogen (secondary N) is 1. The number of nitrogens with zero attached hydrogens (tertiary/aromatic N) is 2. The summed E-state index contributed by atoms with van der Waals surface area (Å²) in [5, 5.41) is 12.5. The van der Waals surface area contributed by atoms with Gasteiger partial charge in [0.15, 0.2) is 0 Å². The first-order valence-electron chi connectivity index (χ1n) is 5.57. The molecule has 0 saturated heterocycles. The third kappa shape index (κ3) is 2.33. The van der Waals surface area contributed by atoms with Crippen molar-refractivity contribution in [2.24, 2.45) is 0 Å². The number of benzene rings is 2. The molecule has 3 nitrogen and oxygen atoms in total. The van der Waals surface area contributed by atoms with Crippen LogP contribution < -0.4 is 5.32 Å². The highest BCUT2D eigenvalue weighted by molar-refractivity contribution is 9.10. The monoisotopic (exact) mass is 329 g/mol. The maximum Gasteiger partial charge on any atom is 0.103 e. The van der Waals surface area contributed by atoms with Crippen molar-refractivity contribution in [3.63, 3.8) is 0 Å². The minimum atomic E-state index is 0.604. The summed E-state index contributed by atoms with van der Waals surface area (Å²) in [6.45, 7) is 0. The van der Waals surface area contributed by atoms with Gasteiger partial charge in [-0.05, 0) is 46.3 Å². The van der Waals surface area contributed by atoms with Crippen LogP contribution in [-0.2, 0) is 0 Å². The van der Waals surface area contributed by atoms with E-state index in [9.17, 15) is 5.26 Å². The molecular weight excluding hydrogens is 322 g/mol. The van der Waals surface area contributed by atoms with E-state index in [-0.39, 0.29) is 0 Å². The minimum absolute atomic E-state index is 0.604. The van der Waals surface area contributed by atoms with E-state index in [1.807, 2.05) is 41.9 Å². The van der Waals surface area contributed by atoms with Gasteiger partial charge in [-0.3, -0.25) is 0 Å². The number of fused-ring (bicyclic) bond motifs is 1. The Morgan fingerprint density at radius 2 is 2.16 bits per heavy atom. The predicted molar refractivity (Wildman–Crippen MR) is 81.8 cm³/mol. The molecule has 3 aromatic rings. The number of aromatic nitrogens is 1. The van der Waals surface area contributed by atoms with Gasteiger partial charge in [-0.2, -0.15) is 5.26 Å². The highest BCUT2D eigenvalue weighted by Crippen LogP contribution is 2.28. The average molecular weight is 330 g/mol. The second-order valence-corrected chi connectivity index (χ2v) is 5.67. The number of rotatable bonds is 2. The maximum atomic E-state index is 9.19. The summed E-state index contributed by atoms with van der Waals surface area (Å²) in [6, 6.07) is 13.8. The molecule has 0 aliphatic heterocycles. The van der Waals surface area contributed by atoms with Crippen LogP contribution in [-0.4, -0.2) is 4.98 Å². The lowest BCUT2D eigenvalue weighted by molar-refractivity contribution is 1.44. The van der Waals surface area contributed by atoms with E-state index in [4.69, 9.17) is 0 Å². The lowest BCUT2D eigenvalue weighted by atomic mass is 10.2. The lowest BCUT2D eigenvalue weighted by Gasteiger charge is -2.09. The topological polar surface area (TPSA) is 48.7 Å². The summed E-state index contributed by atoms with van der Waals surface area (Å²) in [5.41, 5.74) is 5.16. The van der Waals surface area contributed by atoms with Gasteiger partial charge in [0.05, 0.1) is 27.0 Å². The van der Waals surface area contributed by atoms with E-state index >= 15 is 0 Å². The molecule has 0 aliphatic rings. The molecule has 0 aliphatic carbocycles. The van der Waals surface area contributed by atoms with Gasteiger partial charge in [0.25, 0.3) is 0 Å². The van der Waals surface area contributed by atoms with Crippen LogP contribution in [0.15, 0.2) is 46.4 Å². The zero-order chi connectivity index (χ0) is 13.2. The zero-order valence-corrected chi connectivity index (χ0v) is 12.1. The molecule has 0 spiro atoms. The molecule has 0 bridgehead atoms. The highest BCUT2D eigenvalue weighted by Gasteiger charge is 2.06. The fraction of sp³-hybridized carbons (Fsp3) is 0. The molecule has 0 atom stereocenters. The highest BCUT2D eigenvalue weighted by atomic mass is 79.9. The summed E-state index contributed by atoms with van der Waals surface area (Å²) in [5.74, 6) is 0. The first-order valence-corrected chi connectivity index (χ1v) is 7.24. The van der Waals surface area contributed by atoms with Crippen molar-refractivity contribution in [3.8, 4) is 6.07 Å². The summed E-state index contributed by atoms with van der Waals surface area (Å²) < 4.78 is 1.91. The van der Waals surface area contributed by atoms with Gasteiger partial charge in [-0.15, -0.1) is 11.3 Å². The van der Waals surface area contributed by atoms with Crippen molar-refractivity contribution < 1.29 is 0 Å². The Kier molecular flexibility index (Phi) is 3.20. The Bertz CT molecular complexity index is 789. The first kappa shape index (κ1) is 12.2. The molecule has 0 fully saturated rings. The molecule has 1 N–H and O–H groups in total. The molecule has 0 saturated carbocycles. The van der Waals surface area contributed by atoms with E-state index in [0.29, 0.717) is 5.56 Å². The van der Waals surface area contributed by atoms with E-state index < -0.39 is 0 Å². The molecule has 1 aromatic heterocycles. The summed E-state index contributed by atoms with van der Waals surface area (Å²) >= 11 is 4.98.